The van der Waals surface area contributed by atoms with Crippen LogP contribution >= 0.6 is 0 Å². The fourth-order valence-electron chi connectivity index (χ4n) is 3.41. The molecule has 154 valence electrons. The number of carbonyl (C=O) groups excluding carboxylic acids is 2. The van der Waals surface area contributed by atoms with Crippen LogP contribution in [0.2, 0.25) is 0 Å². The van der Waals surface area contributed by atoms with Gasteiger partial charge in [0, 0.05) is 38.0 Å². The number of amides is 2. The van der Waals surface area contributed by atoms with Gasteiger partial charge in [0.15, 0.2) is 0 Å². The van der Waals surface area contributed by atoms with Crippen molar-refractivity contribution in [1.82, 2.24) is 9.80 Å². The Balaban J connectivity index is 1.77. The van der Waals surface area contributed by atoms with Crippen LogP contribution in [0.5, 0.6) is 5.75 Å². The van der Waals surface area contributed by atoms with Crippen molar-refractivity contribution in [3.8, 4) is 5.75 Å². The van der Waals surface area contributed by atoms with E-state index in [1.807, 2.05) is 36.9 Å². The van der Waals surface area contributed by atoms with E-state index >= 15 is 0 Å². The lowest BCUT2D eigenvalue weighted by Crippen LogP contribution is -2.35. The number of halogens is 1. The van der Waals surface area contributed by atoms with Crippen molar-refractivity contribution in [1.29, 1.82) is 0 Å². The molecule has 1 aliphatic rings. The molecule has 0 bridgehead atoms. The van der Waals surface area contributed by atoms with E-state index in [4.69, 9.17) is 4.74 Å². The Morgan fingerprint density at radius 3 is 2.41 bits per heavy atom. The van der Waals surface area contributed by atoms with Crippen LogP contribution < -0.4 is 4.74 Å². The first-order valence-corrected chi connectivity index (χ1v) is 9.87. The molecule has 0 aliphatic carbocycles. The van der Waals surface area contributed by atoms with Gasteiger partial charge in [-0.1, -0.05) is 32.0 Å². The molecule has 0 unspecified atom stereocenters. The molecule has 5 nitrogen and oxygen atoms in total. The van der Waals surface area contributed by atoms with Crippen molar-refractivity contribution < 1.29 is 18.7 Å². The Hall–Kier alpha value is -2.89. The molecular weight excluding hydrogens is 371 g/mol. The van der Waals surface area contributed by atoms with Gasteiger partial charge in [-0.25, -0.2) is 4.39 Å². The van der Waals surface area contributed by atoms with E-state index in [9.17, 15) is 14.0 Å². The number of rotatable bonds is 5. The first-order chi connectivity index (χ1) is 13.8. The largest absolute Gasteiger partial charge is 0.491 e. The van der Waals surface area contributed by atoms with E-state index in [2.05, 4.69) is 0 Å². The number of nitrogens with zero attached hydrogens (tertiary/aromatic N) is 2. The highest BCUT2D eigenvalue weighted by atomic mass is 19.1. The minimum absolute atomic E-state index is 0.0582. The molecule has 6 heteroatoms. The summed E-state index contributed by atoms with van der Waals surface area (Å²) >= 11 is 0. The van der Waals surface area contributed by atoms with Crippen LogP contribution in [0.1, 0.15) is 37.5 Å². The molecule has 2 aromatic rings. The lowest BCUT2D eigenvalue weighted by atomic mass is 10.1. The summed E-state index contributed by atoms with van der Waals surface area (Å²) in [7, 11) is 0. The molecule has 29 heavy (non-hydrogen) atoms. The molecule has 2 amide bonds. The predicted octanol–water partition coefficient (Wildman–Crippen LogP) is 3.75. The summed E-state index contributed by atoms with van der Waals surface area (Å²) in [5, 5.41) is 0. The molecule has 0 saturated heterocycles. The molecule has 0 N–H and O–H groups in total. The third-order valence-corrected chi connectivity index (χ3v) is 5.02. The van der Waals surface area contributed by atoms with Gasteiger partial charge in [-0.2, -0.15) is 0 Å². The van der Waals surface area contributed by atoms with E-state index < -0.39 is 0 Å². The Morgan fingerprint density at radius 2 is 1.76 bits per heavy atom. The maximum Gasteiger partial charge on any atom is 0.225 e. The molecule has 1 aliphatic heterocycles. The maximum absolute atomic E-state index is 13.1. The van der Waals surface area contributed by atoms with Crippen LogP contribution in [0.3, 0.4) is 0 Å². The Kier molecular flexibility index (Phi) is 6.52. The minimum atomic E-state index is -0.297. The highest BCUT2D eigenvalue weighted by Crippen LogP contribution is 2.26. The number of hydrogen-bond acceptors (Lipinski definition) is 3. The Labute approximate surface area is 171 Å². The SMILES string of the molecule is CC(=O)N(Cc1ccc(F)cc1)Cc1ccc2c(c1)CN(C(=O)C(C)C)CCO2. The topological polar surface area (TPSA) is 49.9 Å². The Morgan fingerprint density at radius 1 is 1.10 bits per heavy atom. The van der Waals surface area contributed by atoms with Gasteiger partial charge in [-0.15, -0.1) is 0 Å². The van der Waals surface area contributed by atoms with Crippen LogP contribution in [-0.2, 0) is 29.2 Å². The zero-order valence-corrected chi connectivity index (χ0v) is 17.2. The molecular formula is C23H27FN2O3. The number of benzene rings is 2. The average molecular weight is 398 g/mol. The van der Waals surface area contributed by atoms with E-state index in [1.165, 1.54) is 19.1 Å². The molecule has 0 atom stereocenters. The van der Waals surface area contributed by atoms with Gasteiger partial charge in [0.25, 0.3) is 0 Å². The summed E-state index contributed by atoms with van der Waals surface area (Å²) < 4.78 is 19.0. The fraction of sp³-hybridized carbons (Fsp3) is 0.391. The van der Waals surface area contributed by atoms with Gasteiger partial charge >= 0.3 is 0 Å². The lowest BCUT2D eigenvalue weighted by molar-refractivity contribution is -0.135. The third kappa shape index (κ3) is 5.34. The summed E-state index contributed by atoms with van der Waals surface area (Å²) in [6, 6.07) is 12.0. The second-order valence-corrected chi connectivity index (χ2v) is 7.71. The van der Waals surface area contributed by atoms with Crippen LogP contribution in [0, 0.1) is 11.7 Å². The smallest absolute Gasteiger partial charge is 0.225 e. The van der Waals surface area contributed by atoms with Crippen molar-refractivity contribution >= 4 is 11.8 Å². The van der Waals surface area contributed by atoms with Crippen LogP contribution in [-0.4, -0.2) is 34.8 Å². The fourth-order valence-corrected chi connectivity index (χ4v) is 3.41. The van der Waals surface area contributed by atoms with Crippen molar-refractivity contribution in [2.24, 2.45) is 5.92 Å². The monoisotopic (exact) mass is 398 g/mol. The van der Waals surface area contributed by atoms with Crippen molar-refractivity contribution in [3.63, 3.8) is 0 Å². The second kappa shape index (κ2) is 9.07. The highest BCUT2D eigenvalue weighted by molar-refractivity contribution is 5.78. The van der Waals surface area contributed by atoms with Gasteiger partial charge in [0.05, 0.1) is 6.54 Å². The predicted molar refractivity (Wildman–Crippen MR) is 109 cm³/mol. The van der Waals surface area contributed by atoms with E-state index in [0.29, 0.717) is 32.8 Å². The average Bonchev–Trinajstić information content (AvgIpc) is 2.90. The van der Waals surface area contributed by atoms with E-state index in [0.717, 1.165) is 22.4 Å². The van der Waals surface area contributed by atoms with Crippen LogP contribution in [0.25, 0.3) is 0 Å². The number of carbonyl (C=O) groups is 2. The summed E-state index contributed by atoms with van der Waals surface area (Å²) in [5.74, 6) is 0.462. The molecule has 0 radical (unpaired) electrons. The molecule has 3 rings (SSSR count). The number of hydrogen-bond donors (Lipinski definition) is 0. The van der Waals surface area contributed by atoms with Gasteiger partial charge in [-0.3, -0.25) is 9.59 Å². The zero-order valence-electron chi connectivity index (χ0n) is 17.2. The molecule has 2 aromatic carbocycles. The van der Waals surface area contributed by atoms with Crippen LogP contribution in [0.4, 0.5) is 4.39 Å². The quantitative estimate of drug-likeness (QED) is 0.771. The van der Waals surface area contributed by atoms with Crippen molar-refractivity contribution in [3.05, 3.63) is 65.0 Å². The second-order valence-electron chi connectivity index (χ2n) is 7.71. The first-order valence-electron chi connectivity index (χ1n) is 9.87. The van der Waals surface area contributed by atoms with Gasteiger partial charge in [0.2, 0.25) is 11.8 Å². The van der Waals surface area contributed by atoms with Gasteiger partial charge in [-0.05, 0) is 35.4 Å². The molecule has 0 aromatic heterocycles. The van der Waals surface area contributed by atoms with E-state index in [-0.39, 0.29) is 23.5 Å². The molecule has 1 heterocycles. The number of ether oxygens (including phenoxy) is 1. The zero-order chi connectivity index (χ0) is 21.0. The van der Waals surface area contributed by atoms with Crippen molar-refractivity contribution in [2.75, 3.05) is 13.2 Å². The normalized spacial score (nSPS) is 13.5. The lowest BCUT2D eigenvalue weighted by Gasteiger charge is -2.23. The summed E-state index contributed by atoms with van der Waals surface area (Å²) in [6.07, 6.45) is 0. The maximum atomic E-state index is 13.1. The van der Waals surface area contributed by atoms with Gasteiger partial charge < -0.3 is 14.5 Å². The number of fused-ring (bicyclic) bond motifs is 1. The summed E-state index contributed by atoms with van der Waals surface area (Å²) in [6.45, 7) is 7.67. The molecule has 0 fully saturated rings. The van der Waals surface area contributed by atoms with E-state index in [1.54, 1.807) is 17.0 Å². The standard InChI is InChI=1S/C23H27FN2O3/c1-16(2)23(28)25-10-11-29-22-9-6-19(12-20(22)15-25)14-26(17(3)27)13-18-4-7-21(24)8-5-18/h4-9,12,16H,10-11,13-15H2,1-3H3. The Bertz CT molecular complexity index is 880. The summed E-state index contributed by atoms with van der Waals surface area (Å²) in [5.41, 5.74) is 2.77. The van der Waals surface area contributed by atoms with Gasteiger partial charge in [0.1, 0.15) is 18.2 Å². The van der Waals surface area contributed by atoms with Crippen LogP contribution in [0.15, 0.2) is 42.5 Å². The molecule has 0 spiro atoms. The highest BCUT2D eigenvalue weighted by Gasteiger charge is 2.22. The first kappa shape index (κ1) is 20.8. The summed E-state index contributed by atoms with van der Waals surface area (Å²) in [4.78, 5) is 28.1. The molecule has 0 saturated carbocycles. The third-order valence-electron chi connectivity index (χ3n) is 5.02. The van der Waals surface area contributed by atoms with Crippen molar-refractivity contribution in [2.45, 2.75) is 40.4 Å². The minimum Gasteiger partial charge on any atom is -0.491 e.